The molecule has 0 unspecified atom stereocenters. The van der Waals surface area contributed by atoms with Gasteiger partial charge in [0.1, 0.15) is 11.5 Å². The fourth-order valence-corrected chi connectivity index (χ4v) is 4.31. The highest BCUT2D eigenvalue weighted by Gasteiger charge is 2.52. The van der Waals surface area contributed by atoms with Crippen molar-refractivity contribution in [1.82, 2.24) is 5.32 Å². The Balaban J connectivity index is 1.38. The average molecular weight is 484 g/mol. The van der Waals surface area contributed by atoms with Gasteiger partial charge in [0, 0.05) is 0 Å². The van der Waals surface area contributed by atoms with E-state index in [9.17, 15) is 9.59 Å². The normalized spacial score (nSPS) is 17.4. The molecule has 4 rings (SSSR count). The lowest BCUT2D eigenvalue weighted by Crippen LogP contribution is -2.40. The molecule has 35 heavy (non-hydrogen) atoms. The number of rotatable bonds is 12. The van der Waals surface area contributed by atoms with Crippen molar-refractivity contribution >= 4 is 11.9 Å². The van der Waals surface area contributed by atoms with Crippen LogP contribution in [-0.2, 0) is 29.2 Å². The molecule has 1 saturated heterocycles. The van der Waals surface area contributed by atoms with Crippen molar-refractivity contribution in [2.24, 2.45) is 0 Å². The SMILES string of the molecule is COC(=O)[C@@H](NC(=O)C1(c2ccc(OC)cc2)CC1)c1cccc(OCCCCC2OCCO2)c1. The summed E-state index contributed by atoms with van der Waals surface area (Å²) in [7, 11) is 2.92. The highest BCUT2D eigenvalue weighted by atomic mass is 16.7. The Labute approximate surface area is 205 Å². The van der Waals surface area contributed by atoms with Gasteiger partial charge >= 0.3 is 5.97 Å². The van der Waals surface area contributed by atoms with E-state index in [-0.39, 0.29) is 12.2 Å². The third-order valence-corrected chi connectivity index (χ3v) is 6.52. The van der Waals surface area contributed by atoms with Gasteiger partial charge in [-0.1, -0.05) is 24.3 Å². The topological polar surface area (TPSA) is 92.3 Å². The van der Waals surface area contributed by atoms with Crippen molar-refractivity contribution in [1.29, 1.82) is 0 Å². The van der Waals surface area contributed by atoms with Crippen LogP contribution in [-0.4, -0.2) is 52.2 Å². The number of nitrogens with one attached hydrogen (secondary N) is 1. The van der Waals surface area contributed by atoms with E-state index in [1.807, 2.05) is 36.4 Å². The molecule has 0 radical (unpaired) electrons. The van der Waals surface area contributed by atoms with E-state index in [2.05, 4.69) is 5.32 Å². The van der Waals surface area contributed by atoms with Crippen LogP contribution in [0.3, 0.4) is 0 Å². The summed E-state index contributed by atoms with van der Waals surface area (Å²) < 4.78 is 27.0. The lowest BCUT2D eigenvalue weighted by atomic mass is 9.94. The molecule has 1 atom stereocenters. The van der Waals surface area contributed by atoms with Gasteiger partial charge in [-0.3, -0.25) is 4.79 Å². The fraction of sp³-hybridized carbons (Fsp3) is 0.481. The largest absolute Gasteiger partial charge is 0.497 e. The zero-order chi connectivity index (χ0) is 24.7. The molecule has 0 bridgehead atoms. The molecule has 1 aliphatic carbocycles. The Bertz CT molecular complexity index is 997. The quantitative estimate of drug-likeness (QED) is 0.364. The molecule has 1 saturated carbocycles. The van der Waals surface area contributed by atoms with Crippen molar-refractivity contribution < 1.29 is 33.3 Å². The van der Waals surface area contributed by atoms with Crippen LogP contribution in [0.1, 0.15) is 49.3 Å². The third kappa shape index (κ3) is 6.13. The van der Waals surface area contributed by atoms with Gasteiger partial charge in [-0.05, 0) is 67.5 Å². The third-order valence-electron chi connectivity index (χ3n) is 6.52. The van der Waals surface area contributed by atoms with Crippen LogP contribution in [0.4, 0.5) is 0 Å². The number of hydrogen-bond donors (Lipinski definition) is 1. The summed E-state index contributed by atoms with van der Waals surface area (Å²) in [5, 5.41) is 2.92. The average Bonchev–Trinajstić information content (AvgIpc) is 3.55. The maximum absolute atomic E-state index is 13.3. The van der Waals surface area contributed by atoms with E-state index in [0.29, 0.717) is 31.1 Å². The van der Waals surface area contributed by atoms with Crippen molar-refractivity contribution in [3.05, 3.63) is 59.7 Å². The molecule has 1 N–H and O–H groups in total. The molecular formula is C27H33NO7. The first-order valence-corrected chi connectivity index (χ1v) is 12.0. The molecule has 8 heteroatoms. The van der Waals surface area contributed by atoms with Gasteiger partial charge in [0.15, 0.2) is 12.3 Å². The first-order valence-electron chi connectivity index (χ1n) is 12.0. The summed E-state index contributed by atoms with van der Waals surface area (Å²) in [4.78, 5) is 26.0. The summed E-state index contributed by atoms with van der Waals surface area (Å²) in [6.07, 6.45) is 3.97. The van der Waals surface area contributed by atoms with E-state index in [4.69, 9.17) is 23.7 Å². The molecule has 1 aliphatic heterocycles. The first-order chi connectivity index (χ1) is 17.1. The maximum Gasteiger partial charge on any atom is 0.333 e. The zero-order valence-corrected chi connectivity index (χ0v) is 20.3. The highest BCUT2D eigenvalue weighted by Crippen LogP contribution is 2.49. The number of amides is 1. The molecule has 1 heterocycles. The number of carbonyl (C=O) groups is 2. The number of carbonyl (C=O) groups excluding carboxylic acids is 2. The predicted molar refractivity (Wildman–Crippen MR) is 128 cm³/mol. The number of hydrogen-bond acceptors (Lipinski definition) is 7. The van der Waals surface area contributed by atoms with E-state index in [1.54, 1.807) is 19.2 Å². The van der Waals surface area contributed by atoms with Crippen molar-refractivity contribution in [2.75, 3.05) is 34.0 Å². The van der Waals surface area contributed by atoms with Gasteiger partial charge in [0.05, 0.1) is 39.5 Å². The Kier molecular flexibility index (Phi) is 8.25. The van der Waals surface area contributed by atoms with Crippen LogP contribution in [0.2, 0.25) is 0 Å². The van der Waals surface area contributed by atoms with Crippen LogP contribution in [0.5, 0.6) is 11.5 Å². The van der Waals surface area contributed by atoms with Gasteiger partial charge in [-0.2, -0.15) is 0 Å². The van der Waals surface area contributed by atoms with Gasteiger partial charge in [0.25, 0.3) is 0 Å². The van der Waals surface area contributed by atoms with Crippen molar-refractivity contribution in [3.63, 3.8) is 0 Å². The van der Waals surface area contributed by atoms with Crippen molar-refractivity contribution in [2.45, 2.75) is 49.9 Å². The minimum absolute atomic E-state index is 0.101. The molecule has 2 aromatic rings. The summed E-state index contributed by atoms with van der Waals surface area (Å²) in [6, 6.07) is 13.8. The lowest BCUT2D eigenvalue weighted by Gasteiger charge is -2.22. The smallest absolute Gasteiger partial charge is 0.333 e. The second-order valence-electron chi connectivity index (χ2n) is 8.83. The number of unbranched alkanes of at least 4 members (excludes halogenated alkanes) is 1. The van der Waals surface area contributed by atoms with Crippen molar-refractivity contribution in [3.8, 4) is 11.5 Å². The van der Waals surface area contributed by atoms with Crippen LogP contribution in [0.15, 0.2) is 48.5 Å². The molecule has 188 valence electrons. The number of benzene rings is 2. The molecule has 8 nitrogen and oxygen atoms in total. The van der Waals surface area contributed by atoms with Crippen LogP contribution >= 0.6 is 0 Å². The van der Waals surface area contributed by atoms with Gasteiger partial charge in [0.2, 0.25) is 5.91 Å². The molecule has 2 aromatic carbocycles. The minimum Gasteiger partial charge on any atom is -0.497 e. The highest BCUT2D eigenvalue weighted by molar-refractivity contribution is 5.94. The standard InChI is InChI=1S/C27H33NO7/c1-31-21-11-9-20(10-12-21)27(13-14-27)26(30)28-24(25(29)32-2)19-6-5-7-22(18-19)33-15-4-3-8-23-34-16-17-35-23/h5-7,9-12,18,23-24H,3-4,8,13-17H2,1-2H3,(H,28,30)/t24-/m0/s1. The van der Waals surface area contributed by atoms with Gasteiger partial charge in [-0.15, -0.1) is 0 Å². The lowest BCUT2D eigenvalue weighted by molar-refractivity contribution is -0.145. The summed E-state index contributed by atoms with van der Waals surface area (Å²) >= 11 is 0. The Morgan fingerprint density at radius 2 is 1.77 bits per heavy atom. The van der Waals surface area contributed by atoms with E-state index in [1.165, 1.54) is 7.11 Å². The molecule has 0 aromatic heterocycles. The molecule has 2 fully saturated rings. The fourth-order valence-electron chi connectivity index (χ4n) is 4.31. The van der Waals surface area contributed by atoms with Gasteiger partial charge in [-0.25, -0.2) is 4.79 Å². The maximum atomic E-state index is 13.3. The predicted octanol–water partition coefficient (Wildman–Crippen LogP) is 3.68. The molecule has 2 aliphatic rings. The van der Waals surface area contributed by atoms with E-state index < -0.39 is 17.4 Å². The van der Waals surface area contributed by atoms with E-state index >= 15 is 0 Å². The zero-order valence-electron chi connectivity index (χ0n) is 20.3. The Morgan fingerprint density at radius 1 is 1.03 bits per heavy atom. The molecule has 1 amide bonds. The molecule has 0 spiro atoms. The van der Waals surface area contributed by atoms with Crippen LogP contribution in [0.25, 0.3) is 0 Å². The number of esters is 1. The minimum atomic E-state index is -0.927. The van der Waals surface area contributed by atoms with Gasteiger partial charge < -0.3 is 29.0 Å². The Hall–Kier alpha value is -3.10. The van der Waals surface area contributed by atoms with Crippen LogP contribution < -0.4 is 14.8 Å². The van der Waals surface area contributed by atoms with Crippen LogP contribution in [0, 0.1) is 0 Å². The summed E-state index contributed by atoms with van der Waals surface area (Å²) in [6.45, 7) is 1.85. The molecular weight excluding hydrogens is 450 g/mol. The second-order valence-corrected chi connectivity index (χ2v) is 8.83. The monoisotopic (exact) mass is 483 g/mol. The first kappa shape index (κ1) is 25.0. The summed E-state index contributed by atoms with van der Waals surface area (Å²) in [5.41, 5.74) is 0.880. The number of ether oxygens (including phenoxy) is 5. The van der Waals surface area contributed by atoms with E-state index in [0.717, 1.165) is 43.4 Å². The second kappa shape index (κ2) is 11.6. The number of methoxy groups -OCH3 is 2. The Morgan fingerprint density at radius 3 is 2.43 bits per heavy atom. The summed E-state index contributed by atoms with van der Waals surface area (Å²) in [5.74, 6) is 0.642.